The van der Waals surface area contributed by atoms with Crippen molar-refractivity contribution in [2.45, 2.75) is 6.54 Å². The zero-order valence-corrected chi connectivity index (χ0v) is 14.0. The van der Waals surface area contributed by atoms with Gasteiger partial charge in [-0.05, 0) is 29.5 Å². The third kappa shape index (κ3) is 3.52. The molecule has 3 aliphatic rings. The maximum atomic E-state index is 9.77. The van der Waals surface area contributed by atoms with Gasteiger partial charge < -0.3 is 19.3 Å². The van der Waals surface area contributed by atoms with Crippen LogP contribution in [-0.2, 0) is 11.3 Å². The van der Waals surface area contributed by atoms with Gasteiger partial charge in [-0.15, -0.1) is 0 Å². The van der Waals surface area contributed by atoms with Crippen LogP contribution in [0.4, 0.5) is 0 Å². The molecule has 6 heteroatoms. The Hall–Kier alpha value is -1.34. The second-order valence-electron chi connectivity index (χ2n) is 7.00. The number of hydrogen-bond donors (Lipinski definition) is 1. The quantitative estimate of drug-likeness (QED) is 0.859. The maximum absolute atomic E-state index is 9.77. The summed E-state index contributed by atoms with van der Waals surface area (Å²) in [5.41, 5.74) is 1.24. The maximum Gasteiger partial charge on any atom is 0.231 e. The summed E-state index contributed by atoms with van der Waals surface area (Å²) in [5.74, 6) is 2.57. The molecule has 0 aromatic heterocycles. The van der Waals surface area contributed by atoms with E-state index >= 15 is 0 Å². The van der Waals surface area contributed by atoms with E-state index < -0.39 is 0 Å². The van der Waals surface area contributed by atoms with Gasteiger partial charge in [0.25, 0.3) is 0 Å². The van der Waals surface area contributed by atoms with E-state index in [4.69, 9.17) is 14.2 Å². The Labute approximate surface area is 142 Å². The first kappa shape index (κ1) is 16.1. The van der Waals surface area contributed by atoms with Crippen LogP contribution in [-0.4, -0.2) is 74.2 Å². The van der Waals surface area contributed by atoms with Crippen LogP contribution >= 0.6 is 0 Å². The van der Waals surface area contributed by atoms with Gasteiger partial charge in [-0.1, -0.05) is 6.07 Å². The minimum Gasteiger partial charge on any atom is -0.454 e. The molecule has 1 aromatic carbocycles. The second-order valence-corrected chi connectivity index (χ2v) is 7.00. The predicted molar refractivity (Wildman–Crippen MR) is 89.2 cm³/mol. The molecule has 0 spiro atoms. The van der Waals surface area contributed by atoms with Crippen LogP contribution in [0.5, 0.6) is 11.5 Å². The van der Waals surface area contributed by atoms with Gasteiger partial charge in [0.2, 0.25) is 6.79 Å². The SMILES string of the molecule is OC[C@@H]1CN(Cc2ccc3c(c2)OCO3)C[C@@H]1CN1CCOCC1. The summed E-state index contributed by atoms with van der Waals surface area (Å²) in [5, 5.41) is 9.77. The molecule has 0 radical (unpaired) electrons. The van der Waals surface area contributed by atoms with Crippen LogP contribution in [0.1, 0.15) is 5.56 Å². The van der Waals surface area contributed by atoms with Crippen LogP contribution < -0.4 is 9.47 Å². The summed E-state index contributed by atoms with van der Waals surface area (Å²) in [6.45, 7) is 8.22. The Morgan fingerprint density at radius 1 is 1.00 bits per heavy atom. The van der Waals surface area contributed by atoms with Crippen molar-refractivity contribution in [3.8, 4) is 11.5 Å². The Bertz CT molecular complexity index is 562. The van der Waals surface area contributed by atoms with Crippen molar-refractivity contribution in [2.24, 2.45) is 11.8 Å². The summed E-state index contributed by atoms with van der Waals surface area (Å²) in [6, 6.07) is 6.17. The lowest BCUT2D eigenvalue weighted by molar-refractivity contribution is 0.0264. The molecule has 132 valence electrons. The molecule has 2 atom stereocenters. The molecule has 4 rings (SSSR count). The number of aliphatic hydroxyl groups excluding tert-OH is 1. The fourth-order valence-corrected chi connectivity index (χ4v) is 3.99. The summed E-state index contributed by atoms with van der Waals surface area (Å²) in [7, 11) is 0. The highest BCUT2D eigenvalue weighted by atomic mass is 16.7. The molecular formula is C18H26N2O4. The zero-order valence-electron chi connectivity index (χ0n) is 14.0. The lowest BCUT2D eigenvalue weighted by Gasteiger charge is -2.30. The van der Waals surface area contributed by atoms with Gasteiger partial charge in [0.1, 0.15) is 0 Å². The normalized spacial score (nSPS) is 27.7. The second kappa shape index (κ2) is 7.27. The average molecular weight is 334 g/mol. The van der Waals surface area contributed by atoms with Crippen molar-refractivity contribution >= 4 is 0 Å². The number of ether oxygens (including phenoxy) is 3. The number of rotatable bonds is 5. The fraction of sp³-hybridized carbons (Fsp3) is 0.667. The fourth-order valence-electron chi connectivity index (χ4n) is 3.99. The zero-order chi connectivity index (χ0) is 16.4. The van der Waals surface area contributed by atoms with Crippen molar-refractivity contribution < 1.29 is 19.3 Å². The molecule has 0 amide bonds. The van der Waals surface area contributed by atoms with E-state index in [2.05, 4.69) is 21.9 Å². The van der Waals surface area contributed by atoms with Crippen LogP contribution in [0.3, 0.4) is 0 Å². The first-order chi connectivity index (χ1) is 11.8. The van der Waals surface area contributed by atoms with Crippen molar-refractivity contribution in [3.05, 3.63) is 23.8 Å². The van der Waals surface area contributed by atoms with E-state index in [1.54, 1.807) is 0 Å². The number of benzene rings is 1. The Kier molecular flexibility index (Phi) is 4.89. The molecule has 3 heterocycles. The van der Waals surface area contributed by atoms with Gasteiger partial charge in [-0.3, -0.25) is 9.80 Å². The largest absolute Gasteiger partial charge is 0.454 e. The first-order valence-corrected chi connectivity index (χ1v) is 8.83. The van der Waals surface area contributed by atoms with Gasteiger partial charge in [0, 0.05) is 45.9 Å². The lowest BCUT2D eigenvalue weighted by Crippen LogP contribution is -2.41. The van der Waals surface area contributed by atoms with Crippen molar-refractivity contribution in [2.75, 3.05) is 59.3 Å². The highest BCUT2D eigenvalue weighted by Crippen LogP contribution is 2.33. The summed E-state index contributed by atoms with van der Waals surface area (Å²) in [6.07, 6.45) is 0. The van der Waals surface area contributed by atoms with E-state index in [1.807, 2.05) is 6.07 Å². The van der Waals surface area contributed by atoms with E-state index in [-0.39, 0.29) is 6.61 Å². The van der Waals surface area contributed by atoms with Gasteiger partial charge >= 0.3 is 0 Å². The number of morpholine rings is 1. The summed E-state index contributed by atoms with van der Waals surface area (Å²) in [4.78, 5) is 4.92. The lowest BCUT2D eigenvalue weighted by atomic mass is 9.96. The minimum atomic E-state index is 0.270. The topological polar surface area (TPSA) is 54.4 Å². The third-order valence-corrected chi connectivity index (χ3v) is 5.33. The first-order valence-electron chi connectivity index (χ1n) is 8.83. The van der Waals surface area contributed by atoms with Gasteiger partial charge in [0.05, 0.1) is 13.2 Å². The number of nitrogens with zero attached hydrogens (tertiary/aromatic N) is 2. The molecule has 1 N–H and O–H groups in total. The molecule has 6 nitrogen and oxygen atoms in total. The minimum absolute atomic E-state index is 0.270. The van der Waals surface area contributed by atoms with Crippen molar-refractivity contribution in [1.29, 1.82) is 0 Å². The highest BCUT2D eigenvalue weighted by molar-refractivity contribution is 5.44. The van der Waals surface area contributed by atoms with Crippen molar-refractivity contribution in [1.82, 2.24) is 9.80 Å². The van der Waals surface area contributed by atoms with Crippen LogP contribution in [0.15, 0.2) is 18.2 Å². The Balaban J connectivity index is 1.36. The Morgan fingerprint density at radius 2 is 1.79 bits per heavy atom. The Morgan fingerprint density at radius 3 is 2.62 bits per heavy atom. The molecule has 0 bridgehead atoms. The van der Waals surface area contributed by atoms with Crippen molar-refractivity contribution in [3.63, 3.8) is 0 Å². The van der Waals surface area contributed by atoms with E-state index in [1.165, 1.54) is 5.56 Å². The van der Waals surface area contributed by atoms with E-state index in [0.29, 0.717) is 18.6 Å². The van der Waals surface area contributed by atoms with Gasteiger partial charge in [-0.25, -0.2) is 0 Å². The monoisotopic (exact) mass is 334 g/mol. The van der Waals surface area contributed by atoms with Crippen LogP contribution in [0.25, 0.3) is 0 Å². The predicted octanol–water partition coefficient (Wildman–Crippen LogP) is 0.788. The highest BCUT2D eigenvalue weighted by Gasteiger charge is 2.33. The molecule has 0 unspecified atom stereocenters. The molecule has 24 heavy (non-hydrogen) atoms. The number of hydrogen-bond acceptors (Lipinski definition) is 6. The molecule has 1 aromatic rings. The molecule has 0 saturated carbocycles. The molecule has 2 fully saturated rings. The molecule has 0 aliphatic carbocycles. The smallest absolute Gasteiger partial charge is 0.231 e. The van der Waals surface area contributed by atoms with E-state index in [0.717, 1.165) is 64.0 Å². The van der Waals surface area contributed by atoms with Gasteiger partial charge in [-0.2, -0.15) is 0 Å². The molecule has 3 aliphatic heterocycles. The summed E-state index contributed by atoms with van der Waals surface area (Å²) < 4.78 is 16.3. The number of fused-ring (bicyclic) bond motifs is 1. The number of likely N-dealkylation sites (tertiary alicyclic amines) is 1. The molecular weight excluding hydrogens is 308 g/mol. The standard InChI is InChI=1S/C18H26N2O4/c21-12-16-11-20(10-15(16)9-19-3-5-22-6-4-19)8-14-1-2-17-18(7-14)24-13-23-17/h1-2,7,15-16,21H,3-6,8-13H2/t15-,16-/m0/s1. The number of aliphatic hydroxyl groups is 1. The van der Waals surface area contributed by atoms with Crippen LogP contribution in [0.2, 0.25) is 0 Å². The third-order valence-electron chi connectivity index (χ3n) is 5.33. The van der Waals surface area contributed by atoms with E-state index in [9.17, 15) is 5.11 Å². The molecule has 2 saturated heterocycles. The average Bonchev–Trinajstić information content (AvgIpc) is 3.22. The van der Waals surface area contributed by atoms with Gasteiger partial charge in [0.15, 0.2) is 11.5 Å². The van der Waals surface area contributed by atoms with Crippen LogP contribution in [0, 0.1) is 11.8 Å². The summed E-state index contributed by atoms with van der Waals surface area (Å²) >= 11 is 0.